The third kappa shape index (κ3) is 2.59. The fourth-order valence-electron chi connectivity index (χ4n) is 1.40. The predicted molar refractivity (Wildman–Crippen MR) is 50.5 cm³/mol. The summed E-state index contributed by atoms with van der Waals surface area (Å²) >= 11 is 5.40. The van der Waals surface area contributed by atoms with Gasteiger partial charge in [0, 0.05) is 5.88 Å². The van der Waals surface area contributed by atoms with Crippen molar-refractivity contribution in [3.63, 3.8) is 0 Å². The van der Waals surface area contributed by atoms with E-state index in [0.717, 1.165) is 0 Å². The van der Waals surface area contributed by atoms with Gasteiger partial charge in [-0.15, -0.1) is 11.6 Å². The van der Waals surface area contributed by atoms with Gasteiger partial charge >= 0.3 is 0 Å². The molecular weight excluding hydrogens is 228 g/mol. The minimum Gasteiger partial charge on any atom is -0.391 e. The van der Waals surface area contributed by atoms with E-state index >= 15 is 0 Å². The molecule has 0 radical (unpaired) electrons. The van der Waals surface area contributed by atoms with Crippen LogP contribution in [0.1, 0.15) is 0 Å². The van der Waals surface area contributed by atoms with Gasteiger partial charge in [-0.05, 0) is 0 Å². The molecule has 7 heteroatoms. The predicted octanol–water partition coefficient (Wildman–Crippen LogP) is -1.96. The van der Waals surface area contributed by atoms with E-state index in [1.807, 2.05) is 0 Å². The monoisotopic (exact) mass is 242 g/mol. The lowest BCUT2D eigenvalue weighted by Crippen LogP contribution is -2.63. The van der Waals surface area contributed by atoms with Crippen molar-refractivity contribution in [3.8, 4) is 0 Å². The summed E-state index contributed by atoms with van der Waals surface area (Å²) in [5.41, 5.74) is 0. The van der Waals surface area contributed by atoms with Crippen LogP contribution in [0.2, 0.25) is 0 Å². The second kappa shape index (κ2) is 5.40. The number of rotatable bonds is 4. The SMILES string of the molecule is OC[C@@]1(OCCCl)OC[C@@H](O)C(O)C1O. The molecule has 1 aliphatic heterocycles. The highest BCUT2D eigenvalue weighted by molar-refractivity contribution is 6.17. The van der Waals surface area contributed by atoms with Gasteiger partial charge in [0.05, 0.1) is 13.2 Å². The highest BCUT2D eigenvalue weighted by atomic mass is 35.5. The largest absolute Gasteiger partial charge is 0.391 e. The molecule has 1 fully saturated rings. The Balaban J connectivity index is 2.71. The van der Waals surface area contributed by atoms with Gasteiger partial charge in [-0.1, -0.05) is 0 Å². The number of ether oxygens (including phenoxy) is 2. The van der Waals surface area contributed by atoms with Crippen LogP contribution in [-0.4, -0.2) is 70.2 Å². The number of hydrogen-bond acceptors (Lipinski definition) is 6. The highest BCUT2D eigenvalue weighted by Crippen LogP contribution is 2.27. The van der Waals surface area contributed by atoms with E-state index < -0.39 is 30.7 Å². The Kier molecular flexibility index (Phi) is 4.72. The van der Waals surface area contributed by atoms with E-state index in [9.17, 15) is 15.3 Å². The van der Waals surface area contributed by atoms with Crippen molar-refractivity contribution < 1.29 is 29.9 Å². The third-order valence-electron chi connectivity index (χ3n) is 2.31. The Bertz CT molecular complexity index is 200. The summed E-state index contributed by atoms with van der Waals surface area (Å²) in [6, 6.07) is 0. The van der Waals surface area contributed by atoms with Gasteiger partial charge in [-0.3, -0.25) is 0 Å². The van der Waals surface area contributed by atoms with Gasteiger partial charge in [0.15, 0.2) is 0 Å². The molecule has 0 aromatic heterocycles. The maximum atomic E-state index is 9.62. The van der Waals surface area contributed by atoms with Crippen LogP contribution in [0, 0.1) is 0 Å². The molecule has 1 rings (SSSR count). The second-order valence-electron chi connectivity index (χ2n) is 3.32. The van der Waals surface area contributed by atoms with Crippen LogP contribution in [0.5, 0.6) is 0 Å². The number of hydrogen-bond donors (Lipinski definition) is 4. The summed E-state index contributed by atoms with van der Waals surface area (Å²) in [7, 11) is 0. The molecule has 4 N–H and O–H groups in total. The van der Waals surface area contributed by atoms with Crippen LogP contribution in [0.25, 0.3) is 0 Å². The first-order valence-corrected chi connectivity index (χ1v) is 5.10. The van der Waals surface area contributed by atoms with Gasteiger partial charge in [0.25, 0.3) is 0 Å². The van der Waals surface area contributed by atoms with Crippen LogP contribution in [-0.2, 0) is 9.47 Å². The molecule has 90 valence electrons. The molecule has 0 aromatic carbocycles. The van der Waals surface area contributed by atoms with E-state index in [1.165, 1.54) is 0 Å². The minimum atomic E-state index is -1.70. The Hall–Kier alpha value is 0.0500. The maximum absolute atomic E-state index is 9.62. The van der Waals surface area contributed by atoms with Crippen molar-refractivity contribution in [2.24, 2.45) is 0 Å². The molecule has 0 spiro atoms. The van der Waals surface area contributed by atoms with Crippen molar-refractivity contribution in [1.82, 2.24) is 0 Å². The zero-order chi connectivity index (χ0) is 11.5. The fraction of sp³-hybridized carbons (Fsp3) is 1.00. The summed E-state index contributed by atoms with van der Waals surface area (Å²) in [5.74, 6) is -1.54. The fourth-order valence-corrected chi connectivity index (χ4v) is 1.48. The van der Waals surface area contributed by atoms with Gasteiger partial charge in [-0.2, -0.15) is 0 Å². The number of alkyl halides is 1. The van der Waals surface area contributed by atoms with Gasteiger partial charge in [0.2, 0.25) is 5.79 Å². The summed E-state index contributed by atoms with van der Waals surface area (Å²) in [5, 5.41) is 37.3. The maximum Gasteiger partial charge on any atom is 0.221 e. The average molecular weight is 243 g/mol. The first kappa shape index (κ1) is 13.1. The number of aliphatic hydroxyl groups excluding tert-OH is 4. The first-order chi connectivity index (χ1) is 7.07. The lowest BCUT2D eigenvalue weighted by Gasteiger charge is -2.43. The van der Waals surface area contributed by atoms with Crippen molar-refractivity contribution in [2.45, 2.75) is 24.1 Å². The van der Waals surface area contributed by atoms with Crippen LogP contribution in [0.4, 0.5) is 0 Å². The molecule has 1 saturated heterocycles. The van der Waals surface area contributed by atoms with Crippen LogP contribution in [0.15, 0.2) is 0 Å². The summed E-state index contributed by atoms with van der Waals surface area (Å²) in [4.78, 5) is 0. The van der Waals surface area contributed by atoms with Crippen LogP contribution < -0.4 is 0 Å². The van der Waals surface area contributed by atoms with E-state index in [2.05, 4.69) is 0 Å². The molecule has 15 heavy (non-hydrogen) atoms. The first-order valence-electron chi connectivity index (χ1n) is 4.56. The molecule has 0 saturated carbocycles. The molecule has 2 unspecified atom stereocenters. The molecule has 0 aliphatic carbocycles. The second-order valence-corrected chi connectivity index (χ2v) is 3.70. The average Bonchev–Trinajstić information content (AvgIpc) is 2.26. The smallest absolute Gasteiger partial charge is 0.221 e. The minimum absolute atomic E-state index is 0.0575. The van der Waals surface area contributed by atoms with Gasteiger partial charge < -0.3 is 29.9 Å². The zero-order valence-corrected chi connectivity index (χ0v) is 8.80. The van der Waals surface area contributed by atoms with Crippen LogP contribution in [0.3, 0.4) is 0 Å². The number of aliphatic hydroxyl groups is 4. The summed E-state index contributed by atoms with van der Waals surface area (Å²) in [6.07, 6.45) is -4.13. The van der Waals surface area contributed by atoms with Crippen LogP contribution >= 0.6 is 11.6 Å². The standard InChI is InChI=1S/C8H15ClO6/c9-1-2-14-8(4-10)7(13)6(12)5(11)3-15-8/h5-7,10-13H,1-4H2/t5-,6?,7?,8-/m1/s1. The molecular formula is C8H15ClO6. The molecule has 0 aromatic rings. The van der Waals surface area contributed by atoms with Crippen molar-refractivity contribution in [1.29, 1.82) is 0 Å². The summed E-state index contributed by atoms with van der Waals surface area (Å²) in [6.45, 7) is -0.794. The topological polar surface area (TPSA) is 99.4 Å². The van der Waals surface area contributed by atoms with E-state index in [1.54, 1.807) is 0 Å². The normalized spacial score (nSPS) is 41.8. The van der Waals surface area contributed by atoms with Gasteiger partial charge in [0.1, 0.15) is 24.9 Å². The molecule has 0 amide bonds. The molecule has 6 nitrogen and oxygen atoms in total. The summed E-state index contributed by atoms with van der Waals surface area (Å²) < 4.78 is 10.1. The lowest BCUT2D eigenvalue weighted by atomic mass is 9.97. The molecule has 0 bridgehead atoms. The van der Waals surface area contributed by atoms with E-state index in [-0.39, 0.29) is 19.1 Å². The van der Waals surface area contributed by atoms with Crippen molar-refractivity contribution in [2.75, 3.05) is 25.7 Å². The quantitative estimate of drug-likeness (QED) is 0.428. The van der Waals surface area contributed by atoms with E-state index in [0.29, 0.717) is 0 Å². The molecule has 1 aliphatic rings. The third-order valence-corrected chi connectivity index (χ3v) is 2.46. The Morgan fingerprint density at radius 2 is 2.07 bits per heavy atom. The van der Waals surface area contributed by atoms with Crippen molar-refractivity contribution >= 4 is 11.6 Å². The Labute approximate surface area is 92.0 Å². The molecule has 4 atom stereocenters. The van der Waals surface area contributed by atoms with Gasteiger partial charge in [-0.25, -0.2) is 0 Å². The Morgan fingerprint density at radius 1 is 1.40 bits per heavy atom. The Morgan fingerprint density at radius 3 is 2.60 bits per heavy atom. The zero-order valence-electron chi connectivity index (χ0n) is 8.04. The van der Waals surface area contributed by atoms with Crippen molar-refractivity contribution in [3.05, 3.63) is 0 Å². The van der Waals surface area contributed by atoms with E-state index in [4.69, 9.17) is 26.2 Å². The molecule has 1 heterocycles. The highest BCUT2D eigenvalue weighted by Gasteiger charge is 2.50. The number of halogens is 1. The lowest BCUT2D eigenvalue weighted by molar-refractivity contribution is -0.347.